The lowest BCUT2D eigenvalue weighted by Crippen LogP contribution is -2.38. The van der Waals surface area contributed by atoms with Gasteiger partial charge in [0.05, 0.1) is 12.4 Å². The molecule has 0 aliphatic heterocycles. The molecule has 0 N–H and O–H groups in total. The van der Waals surface area contributed by atoms with E-state index in [9.17, 15) is 4.79 Å². The van der Waals surface area contributed by atoms with Crippen molar-refractivity contribution in [2.24, 2.45) is 0 Å². The van der Waals surface area contributed by atoms with Crippen molar-refractivity contribution in [1.29, 1.82) is 0 Å². The van der Waals surface area contributed by atoms with E-state index in [1.54, 1.807) is 0 Å². The summed E-state index contributed by atoms with van der Waals surface area (Å²) in [6.45, 7) is 4.65. The average molecular weight is 304 g/mol. The molecule has 0 radical (unpaired) electrons. The third-order valence-corrected chi connectivity index (χ3v) is 3.61. The van der Waals surface area contributed by atoms with E-state index in [1.165, 1.54) is 12.4 Å². The normalized spacial score (nSPS) is 12.0. The minimum Gasteiger partial charge on any atom is -0.330 e. The number of aromatic nitrogens is 2. The summed E-state index contributed by atoms with van der Waals surface area (Å²) in [4.78, 5) is 22.5. The van der Waals surface area contributed by atoms with Gasteiger partial charge in [-0.3, -0.25) is 4.79 Å². The Bertz CT molecular complexity index is 586. The summed E-state index contributed by atoms with van der Waals surface area (Å²) in [5, 5.41) is 0.282. The summed E-state index contributed by atoms with van der Waals surface area (Å²) >= 11 is 5.72. The highest BCUT2D eigenvalue weighted by atomic mass is 35.5. The Kier molecular flexibility index (Phi) is 5.28. The Morgan fingerprint density at radius 1 is 1.24 bits per heavy atom. The molecular weight excluding hydrogens is 286 g/mol. The van der Waals surface area contributed by atoms with Crippen LogP contribution in [-0.4, -0.2) is 26.8 Å². The van der Waals surface area contributed by atoms with Gasteiger partial charge in [0.25, 0.3) is 5.91 Å². The van der Waals surface area contributed by atoms with E-state index in [-0.39, 0.29) is 17.1 Å². The van der Waals surface area contributed by atoms with Gasteiger partial charge in [0.15, 0.2) is 0 Å². The largest absolute Gasteiger partial charge is 0.330 e. The molecule has 110 valence electrons. The first kappa shape index (κ1) is 15.4. The second-order valence-electron chi connectivity index (χ2n) is 4.90. The summed E-state index contributed by atoms with van der Waals surface area (Å²) in [6.07, 6.45) is 3.69. The number of hydrogen-bond donors (Lipinski definition) is 0. The molecule has 0 spiro atoms. The van der Waals surface area contributed by atoms with Crippen LogP contribution < -0.4 is 0 Å². The van der Waals surface area contributed by atoms with Gasteiger partial charge in [0.2, 0.25) is 0 Å². The standard InChI is InChI=1S/C16H18ClN3O/c1-3-12(2)20(11-13-7-5-4-6-8-13)16(21)14-9-19-15(17)10-18-14/h4-10,12H,3,11H2,1-2H3. The molecule has 1 unspecified atom stereocenters. The molecule has 0 aliphatic rings. The van der Waals surface area contributed by atoms with E-state index < -0.39 is 0 Å². The Morgan fingerprint density at radius 2 is 1.95 bits per heavy atom. The van der Waals surface area contributed by atoms with Gasteiger partial charge in [-0.05, 0) is 18.9 Å². The monoisotopic (exact) mass is 303 g/mol. The van der Waals surface area contributed by atoms with Crippen LogP contribution in [0.2, 0.25) is 5.15 Å². The Balaban J connectivity index is 2.23. The number of hydrogen-bond acceptors (Lipinski definition) is 3. The maximum Gasteiger partial charge on any atom is 0.274 e. The first-order valence-corrected chi connectivity index (χ1v) is 7.32. The third kappa shape index (κ3) is 4.02. The average Bonchev–Trinajstić information content (AvgIpc) is 2.53. The van der Waals surface area contributed by atoms with Crippen LogP contribution in [0, 0.1) is 0 Å². The highest BCUT2D eigenvalue weighted by Crippen LogP contribution is 2.14. The molecule has 1 aromatic carbocycles. The van der Waals surface area contributed by atoms with Crippen LogP contribution in [0.1, 0.15) is 36.3 Å². The van der Waals surface area contributed by atoms with Crippen molar-refractivity contribution < 1.29 is 4.79 Å². The van der Waals surface area contributed by atoms with Crippen LogP contribution in [0.5, 0.6) is 0 Å². The van der Waals surface area contributed by atoms with Crippen molar-refractivity contribution in [3.8, 4) is 0 Å². The number of amides is 1. The predicted molar refractivity (Wildman–Crippen MR) is 83.1 cm³/mol. The maximum atomic E-state index is 12.6. The first-order valence-electron chi connectivity index (χ1n) is 6.94. The van der Waals surface area contributed by atoms with Crippen LogP contribution in [0.4, 0.5) is 0 Å². The number of carbonyl (C=O) groups is 1. The molecule has 21 heavy (non-hydrogen) atoms. The number of halogens is 1. The van der Waals surface area contributed by atoms with E-state index in [0.717, 1.165) is 12.0 Å². The number of benzene rings is 1. The molecule has 0 bridgehead atoms. The Morgan fingerprint density at radius 3 is 2.52 bits per heavy atom. The Hall–Kier alpha value is -1.94. The minimum absolute atomic E-state index is 0.121. The van der Waals surface area contributed by atoms with Crippen molar-refractivity contribution in [1.82, 2.24) is 14.9 Å². The zero-order valence-electron chi connectivity index (χ0n) is 12.2. The molecule has 0 aliphatic carbocycles. The minimum atomic E-state index is -0.127. The fraction of sp³-hybridized carbons (Fsp3) is 0.312. The van der Waals surface area contributed by atoms with E-state index >= 15 is 0 Å². The lowest BCUT2D eigenvalue weighted by atomic mass is 10.1. The predicted octanol–water partition coefficient (Wildman–Crippen LogP) is 3.57. The molecule has 2 aromatic rings. The van der Waals surface area contributed by atoms with Crippen molar-refractivity contribution >= 4 is 17.5 Å². The lowest BCUT2D eigenvalue weighted by molar-refractivity contribution is 0.0665. The molecule has 1 amide bonds. The van der Waals surface area contributed by atoms with Gasteiger partial charge in [0, 0.05) is 12.6 Å². The molecular formula is C16H18ClN3O. The van der Waals surface area contributed by atoms with E-state index in [1.807, 2.05) is 42.2 Å². The van der Waals surface area contributed by atoms with Crippen LogP contribution in [0.15, 0.2) is 42.7 Å². The van der Waals surface area contributed by atoms with E-state index in [4.69, 9.17) is 11.6 Å². The molecule has 0 saturated carbocycles. The fourth-order valence-electron chi connectivity index (χ4n) is 2.00. The van der Waals surface area contributed by atoms with Crippen LogP contribution >= 0.6 is 11.6 Å². The first-order chi connectivity index (χ1) is 10.1. The summed E-state index contributed by atoms with van der Waals surface area (Å²) in [7, 11) is 0. The molecule has 1 atom stereocenters. The Labute approximate surface area is 129 Å². The highest BCUT2D eigenvalue weighted by Gasteiger charge is 2.22. The van der Waals surface area contributed by atoms with Gasteiger partial charge in [-0.1, -0.05) is 48.9 Å². The van der Waals surface area contributed by atoms with Gasteiger partial charge in [-0.15, -0.1) is 0 Å². The molecule has 1 heterocycles. The molecule has 4 nitrogen and oxygen atoms in total. The topological polar surface area (TPSA) is 46.1 Å². The SMILES string of the molecule is CCC(C)N(Cc1ccccc1)C(=O)c1cnc(Cl)cn1. The second-order valence-corrected chi connectivity index (χ2v) is 5.29. The van der Waals surface area contributed by atoms with Gasteiger partial charge < -0.3 is 4.90 Å². The molecule has 5 heteroatoms. The highest BCUT2D eigenvalue weighted by molar-refractivity contribution is 6.29. The number of rotatable bonds is 5. The summed E-state index contributed by atoms with van der Waals surface area (Å²) < 4.78 is 0. The zero-order chi connectivity index (χ0) is 15.2. The van der Waals surface area contributed by atoms with Gasteiger partial charge in [0.1, 0.15) is 10.8 Å². The summed E-state index contributed by atoms with van der Waals surface area (Å²) in [6, 6.07) is 10.0. The van der Waals surface area contributed by atoms with Gasteiger partial charge in [-0.25, -0.2) is 9.97 Å². The molecule has 2 rings (SSSR count). The number of carbonyl (C=O) groups excluding carboxylic acids is 1. The van der Waals surface area contributed by atoms with Gasteiger partial charge >= 0.3 is 0 Å². The fourth-order valence-corrected chi connectivity index (χ4v) is 2.10. The lowest BCUT2D eigenvalue weighted by Gasteiger charge is -2.28. The van der Waals surface area contributed by atoms with Gasteiger partial charge in [-0.2, -0.15) is 0 Å². The zero-order valence-corrected chi connectivity index (χ0v) is 12.9. The van der Waals surface area contributed by atoms with E-state index in [2.05, 4.69) is 16.9 Å². The maximum absolute atomic E-state index is 12.6. The molecule has 0 saturated heterocycles. The quantitative estimate of drug-likeness (QED) is 0.848. The van der Waals surface area contributed by atoms with Crippen molar-refractivity contribution in [2.75, 3.05) is 0 Å². The summed E-state index contributed by atoms with van der Waals surface area (Å²) in [5.41, 5.74) is 1.41. The van der Waals surface area contributed by atoms with Crippen molar-refractivity contribution in [3.05, 3.63) is 59.1 Å². The van der Waals surface area contributed by atoms with Crippen LogP contribution in [0.3, 0.4) is 0 Å². The van der Waals surface area contributed by atoms with Crippen LogP contribution in [-0.2, 0) is 6.54 Å². The smallest absolute Gasteiger partial charge is 0.274 e. The summed E-state index contributed by atoms with van der Waals surface area (Å²) in [5.74, 6) is -0.127. The second kappa shape index (κ2) is 7.18. The van der Waals surface area contributed by atoms with Crippen molar-refractivity contribution in [2.45, 2.75) is 32.9 Å². The van der Waals surface area contributed by atoms with Crippen LogP contribution in [0.25, 0.3) is 0 Å². The third-order valence-electron chi connectivity index (χ3n) is 3.42. The molecule has 1 aromatic heterocycles. The van der Waals surface area contributed by atoms with E-state index in [0.29, 0.717) is 12.2 Å². The number of nitrogens with zero attached hydrogens (tertiary/aromatic N) is 3. The van der Waals surface area contributed by atoms with Crippen molar-refractivity contribution in [3.63, 3.8) is 0 Å². The molecule has 0 fully saturated rings.